The average Bonchev–Trinajstić information content (AvgIpc) is 2.63. The largest absolute Gasteiger partial charge is 0.508 e. The van der Waals surface area contributed by atoms with Crippen LogP contribution in [0.1, 0.15) is 17.5 Å². The molecule has 4 nitrogen and oxygen atoms in total. The van der Waals surface area contributed by atoms with Crippen molar-refractivity contribution in [3.8, 4) is 11.5 Å². The second kappa shape index (κ2) is 10.1. The molecule has 0 heterocycles. The van der Waals surface area contributed by atoms with E-state index in [1.807, 2.05) is 30.3 Å². The minimum absolute atomic E-state index is 0.0558. The number of phenols is 1. The lowest BCUT2D eigenvalue weighted by atomic mass is 10.0. The fourth-order valence-corrected chi connectivity index (χ4v) is 2.56. The van der Waals surface area contributed by atoms with E-state index in [1.54, 1.807) is 18.2 Å². The number of aryl methyl sites for hydroxylation is 2. The van der Waals surface area contributed by atoms with Gasteiger partial charge in [-0.05, 0) is 55.6 Å². The number of aliphatic hydroxyl groups is 1. The van der Waals surface area contributed by atoms with Crippen LogP contribution >= 0.6 is 0 Å². The molecule has 0 radical (unpaired) electrons. The Morgan fingerprint density at radius 2 is 1.85 bits per heavy atom. The van der Waals surface area contributed by atoms with Crippen LogP contribution in [0.2, 0.25) is 0 Å². The summed E-state index contributed by atoms with van der Waals surface area (Å²) in [6.45, 7) is -2.37. The van der Waals surface area contributed by atoms with E-state index in [0.717, 1.165) is 28.9 Å². The molecule has 0 bridgehead atoms. The van der Waals surface area contributed by atoms with Gasteiger partial charge in [-0.15, -0.1) is 0 Å². The smallest absolute Gasteiger partial charge is 0.294 e. The summed E-state index contributed by atoms with van der Waals surface area (Å²) in [4.78, 5) is 0.881. The maximum atomic E-state index is 12.4. The summed E-state index contributed by atoms with van der Waals surface area (Å²) < 4.78 is 30.6. The molecule has 0 aliphatic heterocycles. The zero-order valence-corrected chi connectivity index (χ0v) is 14.8. The number of phenolic OH excluding ortho intramolecular Hbond substituents is 1. The summed E-state index contributed by atoms with van der Waals surface area (Å²) in [5.41, 5.74) is 2.02. The second-order valence-corrected chi connectivity index (χ2v) is 6.29. The minimum atomic E-state index is -2.53. The van der Waals surface area contributed by atoms with Gasteiger partial charge in [-0.2, -0.15) is 8.78 Å². The summed E-state index contributed by atoms with van der Waals surface area (Å²) in [6.07, 6.45) is 0.877. The topological polar surface area (TPSA) is 52.9 Å². The molecule has 0 spiro atoms. The molecule has 0 amide bonds. The first-order valence-corrected chi connectivity index (χ1v) is 8.61. The zero-order valence-electron chi connectivity index (χ0n) is 14.8. The number of ether oxygens (including phenoxy) is 1. The van der Waals surface area contributed by atoms with Crippen LogP contribution in [0.25, 0.3) is 0 Å². The first-order chi connectivity index (χ1) is 12.5. The molecule has 0 aliphatic carbocycles. The highest BCUT2D eigenvalue weighted by Gasteiger charge is 2.14. The van der Waals surface area contributed by atoms with Gasteiger partial charge in [-0.25, -0.2) is 0 Å². The predicted molar refractivity (Wildman–Crippen MR) is 96.7 cm³/mol. The molecule has 0 saturated carbocycles. The molecular formula is C20H25F2NO3. The molecule has 0 aliphatic rings. The van der Waals surface area contributed by atoms with Gasteiger partial charge in [-0.1, -0.05) is 30.3 Å². The number of halogens is 2. The molecule has 142 valence electrons. The third-order valence-corrected chi connectivity index (χ3v) is 4.15. The van der Waals surface area contributed by atoms with Crippen molar-refractivity contribution >= 4 is 0 Å². The zero-order chi connectivity index (χ0) is 18.9. The van der Waals surface area contributed by atoms with Crippen LogP contribution in [-0.2, 0) is 12.8 Å². The van der Waals surface area contributed by atoms with Crippen molar-refractivity contribution in [1.82, 2.24) is 4.90 Å². The second-order valence-electron chi connectivity index (χ2n) is 6.29. The van der Waals surface area contributed by atoms with Crippen molar-refractivity contribution in [2.45, 2.75) is 31.9 Å². The molecule has 2 N–H and O–H groups in total. The van der Waals surface area contributed by atoms with E-state index >= 15 is 0 Å². The Kier molecular flexibility index (Phi) is 7.81. The van der Waals surface area contributed by atoms with Crippen LogP contribution in [0.15, 0.2) is 48.5 Å². The number of aromatic hydroxyl groups is 1. The molecule has 2 rings (SSSR count). The first-order valence-electron chi connectivity index (χ1n) is 8.61. The van der Waals surface area contributed by atoms with E-state index < -0.39 is 12.7 Å². The predicted octanol–water partition coefficient (Wildman–Crippen LogP) is 3.46. The van der Waals surface area contributed by atoms with Gasteiger partial charge in [0.25, 0.3) is 6.55 Å². The number of alkyl halides is 2. The van der Waals surface area contributed by atoms with Gasteiger partial charge < -0.3 is 14.9 Å². The monoisotopic (exact) mass is 365 g/mol. The Balaban J connectivity index is 1.86. The normalized spacial score (nSPS) is 12.5. The SMILES string of the molecule is CN(CCC(O)COc1ccccc1CCc1cccc(O)c1)C(F)F. The number of benzene rings is 2. The van der Waals surface area contributed by atoms with Gasteiger partial charge in [0, 0.05) is 6.54 Å². The van der Waals surface area contributed by atoms with Crippen molar-refractivity contribution in [2.75, 3.05) is 20.2 Å². The number of hydrogen-bond donors (Lipinski definition) is 2. The number of hydrogen-bond acceptors (Lipinski definition) is 4. The molecule has 1 atom stereocenters. The third kappa shape index (κ3) is 6.61. The summed E-state index contributed by atoms with van der Waals surface area (Å²) in [7, 11) is 1.31. The summed E-state index contributed by atoms with van der Waals surface area (Å²) in [5.74, 6) is 0.915. The standard InChI is InChI=1S/C20H25F2NO3/c1-23(20(21)22)12-11-18(25)14-26-19-8-3-2-6-16(19)10-9-15-5-4-7-17(24)13-15/h2-8,13,18,20,24-25H,9-12,14H2,1H3. The number of rotatable bonds is 10. The van der Waals surface area contributed by atoms with Crippen LogP contribution in [0, 0.1) is 0 Å². The van der Waals surface area contributed by atoms with Crippen molar-refractivity contribution in [2.24, 2.45) is 0 Å². The fourth-order valence-electron chi connectivity index (χ4n) is 2.56. The van der Waals surface area contributed by atoms with Crippen LogP contribution in [0.4, 0.5) is 8.78 Å². The highest BCUT2D eigenvalue weighted by Crippen LogP contribution is 2.21. The van der Waals surface area contributed by atoms with Crippen LogP contribution in [-0.4, -0.2) is 48.0 Å². The highest BCUT2D eigenvalue weighted by molar-refractivity contribution is 5.35. The summed E-state index contributed by atoms with van der Waals surface area (Å²) >= 11 is 0. The van der Waals surface area contributed by atoms with E-state index in [1.165, 1.54) is 7.05 Å². The maximum absolute atomic E-state index is 12.4. The Bertz CT molecular complexity index is 682. The minimum Gasteiger partial charge on any atom is -0.508 e. The van der Waals surface area contributed by atoms with Crippen molar-refractivity contribution in [1.29, 1.82) is 0 Å². The highest BCUT2D eigenvalue weighted by atomic mass is 19.3. The molecule has 0 aromatic heterocycles. The maximum Gasteiger partial charge on any atom is 0.294 e. The van der Waals surface area contributed by atoms with Crippen molar-refractivity contribution in [3.05, 3.63) is 59.7 Å². The number of aliphatic hydroxyl groups excluding tert-OH is 1. The molecule has 2 aromatic rings. The van der Waals surface area contributed by atoms with Gasteiger partial charge >= 0.3 is 0 Å². The van der Waals surface area contributed by atoms with Gasteiger partial charge in [0.2, 0.25) is 0 Å². The third-order valence-electron chi connectivity index (χ3n) is 4.15. The van der Waals surface area contributed by atoms with Gasteiger partial charge in [0.05, 0.1) is 6.10 Å². The lowest BCUT2D eigenvalue weighted by Crippen LogP contribution is -2.29. The Morgan fingerprint density at radius 1 is 1.08 bits per heavy atom. The molecule has 6 heteroatoms. The first kappa shape index (κ1) is 20.1. The van der Waals surface area contributed by atoms with E-state index in [4.69, 9.17) is 4.74 Å². The lowest BCUT2D eigenvalue weighted by molar-refractivity contribution is -0.0187. The van der Waals surface area contributed by atoms with Crippen molar-refractivity contribution in [3.63, 3.8) is 0 Å². The lowest BCUT2D eigenvalue weighted by Gasteiger charge is -2.19. The van der Waals surface area contributed by atoms with E-state index in [-0.39, 0.29) is 25.3 Å². The summed E-state index contributed by atoms with van der Waals surface area (Å²) in [6, 6.07) is 14.7. The molecule has 0 fully saturated rings. The van der Waals surface area contributed by atoms with Gasteiger partial charge in [-0.3, -0.25) is 4.90 Å². The van der Waals surface area contributed by atoms with E-state index in [0.29, 0.717) is 5.75 Å². The van der Waals surface area contributed by atoms with Gasteiger partial charge in [0.1, 0.15) is 18.1 Å². The number of nitrogens with zero attached hydrogens (tertiary/aromatic N) is 1. The summed E-state index contributed by atoms with van der Waals surface area (Å²) in [5, 5.41) is 19.5. The average molecular weight is 365 g/mol. The van der Waals surface area contributed by atoms with Crippen LogP contribution in [0.5, 0.6) is 11.5 Å². The Labute approximate surface area is 152 Å². The fraction of sp³-hybridized carbons (Fsp3) is 0.400. The molecular weight excluding hydrogens is 340 g/mol. The molecule has 26 heavy (non-hydrogen) atoms. The van der Waals surface area contributed by atoms with Crippen molar-refractivity contribution < 1.29 is 23.7 Å². The number of para-hydroxylation sites is 1. The molecule has 2 aromatic carbocycles. The van der Waals surface area contributed by atoms with Gasteiger partial charge in [0.15, 0.2) is 0 Å². The van der Waals surface area contributed by atoms with Crippen LogP contribution < -0.4 is 4.74 Å². The molecule has 0 saturated heterocycles. The quantitative estimate of drug-likeness (QED) is 0.633. The molecule has 1 unspecified atom stereocenters. The Hall–Kier alpha value is -2.18. The van der Waals surface area contributed by atoms with E-state index in [2.05, 4.69) is 0 Å². The van der Waals surface area contributed by atoms with E-state index in [9.17, 15) is 19.0 Å². The van der Waals surface area contributed by atoms with Crippen LogP contribution in [0.3, 0.4) is 0 Å². The Morgan fingerprint density at radius 3 is 2.58 bits per heavy atom.